The molecule has 244 valence electrons. The zero-order valence-corrected chi connectivity index (χ0v) is 29.1. The average Bonchev–Trinajstić information content (AvgIpc) is 2.93. The number of carbonyl (C=O) groups excluding carboxylic acids is 3. The summed E-state index contributed by atoms with van der Waals surface area (Å²) in [7, 11) is 1.44. The molecule has 2 aliphatic carbocycles. The largest absolute Gasteiger partial charge is 0.504 e. The third-order valence-electron chi connectivity index (χ3n) is 10.9. The van der Waals surface area contributed by atoms with Crippen LogP contribution < -0.4 is 4.74 Å². The Morgan fingerprint density at radius 3 is 2.00 bits per heavy atom. The van der Waals surface area contributed by atoms with Gasteiger partial charge in [0.25, 0.3) is 0 Å². The highest BCUT2D eigenvalue weighted by molar-refractivity contribution is 6.35. The number of phenolic OH excluding ortho intramolecular Hbond substituents is 1. The molecule has 1 saturated carbocycles. The monoisotopic (exact) mass is 616 g/mol. The molecular weight excluding hydrogens is 564 g/mol. The molecule has 0 radical (unpaired) electrons. The lowest BCUT2D eigenvalue weighted by Gasteiger charge is -2.64. The van der Waals surface area contributed by atoms with Crippen LogP contribution in [0.1, 0.15) is 112 Å². The molecule has 3 aliphatic rings. The Morgan fingerprint density at radius 1 is 0.911 bits per heavy atom. The van der Waals surface area contributed by atoms with Crippen LogP contribution in [0.4, 0.5) is 0 Å². The van der Waals surface area contributed by atoms with Gasteiger partial charge >= 0.3 is 0 Å². The number of fused-ring (bicyclic) bond motifs is 1. The van der Waals surface area contributed by atoms with Gasteiger partial charge in [0.05, 0.1) is 12.5 Å². The number of phenols is 1. The molecule has 2 bridgehead atoms. The Hall–Kier alpha value is -3.41. The van der Waals surface area contributed by atoms with E-state index in [0.29, 0.717) is 12.8 Å². The summed E-state index contributed by atoms with van der Waals surface area (Å²) in [5.74, 6) is -0.893. The minimum atomic E-state index is -1.46. The molecule has 45 heavy (non-hydrogen) atoms. The zero-order valence-electron chi connectivity index (χ0n) is 29.1. The minimum absolute atomic E-state index is 0.00906. The van der Waals surface area contributed by atoms with Crippen LogP contribution in [0.15, 0.2) is 64.5 Å². The molecule has 1 heterocycles. The number of hydrogen-bond acceptors (Lipinski definition) is 6. The number of methoxy groups -OCH3 is 1. The van der Waals surface area contributed by atoms with Crippen molar-refractivity contribution in [1.82, 2.24) is 0 Å². The second-order valence-corrected chi connectivity index (χ2v) is 15.3. The molecule has 2 fully saturated rings. The lowest BCUT2D eigenvalue weighted by atomic mass is 9.39. The Balaban J connectivity index is 2.09. The lowest BCUT2D eigenvalue weighted by Crippen LogP contribution is -2.69. The van der Waals surface area contributed by atoms with E-state index in [1.165, 1.54) is 30.4 Å². The molecule has 1 aromatic carbocycles. The Morgan fingerprint density at radius 2 is 1.47 bits per heavy atom. The van der Waals surface area contributed by atoms with Gasteiger partial charge in [-0.25, -0.2) is 0 Å². The van der Waals surface area contributed by atoms with Gasteiger partial charge in [-0.3, -0.25) is 14.4 Å². The minimum Gasteiger partial charge on any atom is -0.504 e. The highest BCUT2D eigenvalue weighted by atomic mass is 16.5. The van der Waals surface area contributed by atoms with Gasteiger partial charge in [0.15, 0.2) is 28.8 Å². The van der Waals surface area contributed by atoms with E-state index in [9.17, 15) is 9.90 Å². The number of Topliss-reactive ketones (excluding diaryl/α,β-unsaturated/α-hetero) is 3. The summed E-state index contributed by atoms with van der Waals surface area (Å²) in [4.78, 5) is 45.2. The number of carbonyl (C=O) groups is 3. The molecule has 1 saturated heterocycles. The third-order valence-corrected chi connectivity index (χ3v) is 10.9. The van der Waals surface area contributed by atoms with E-state index in [1.54, 1.807) is 6.07 Å². The molecule has 1 aliphatic heterocycles. The fourth-order valence-electron chi connectivity index (χ4n) is 7.88. The van der Waals surface area contributed by atoms with E-state index in [1.807, 2.05) is 47.6 Å². The predicted molar refractivity (Wildman–Crippen MR) is 178 cm³/mol. The van der Waals surface area contributed by atoms with Crippen LogP contribution in [0.25, 0.3) is 0 Å². The molecule has 4 rings (SSSR count). The van der Waals surface area contributed by atoms with Crippen LogP contribution in [-0.2, 0) is 14.3 Å². The van der Waals surface area contributed by atoms with Crippen LogP contribution >= 0.6 is 0 Å². The van der Waals surface area contributed by atoms with Crippen LogP contribution in [-0.4, -0.2) is 35.2 Å². The summed E-state index contributed by atoms with van der Waals surface area (Å²) in [6, 6.07) is 4.40. The van der Waals surface area contributed by atoms with Crippen molar-refractivity contribution < 1.29 is 29.0 Å². The van der Waals surface area contributed by atoms with Crippen LogP contribution in [0.3, 0.4) is 0 Å². The maximum atomic E-state index is 15.4. The first-order valence-corrected chi connectivity index (χ1v) is 16.2. The normalized spacial score (nSPS) is 28.0. The van der Waals surface area contributed by atoms with Gasteiger partial charge in [0, 0.05) is 11.5 Å². The van der Waals surface area contributed by atoms with Gasteiger partial charge in [0.2, 0.25) is 0 Å². The molecule has 1 aromatic rings. The van der Waals surface area contributed by atoms with Gasteiger partial charge in [-0.1, -0.05) is 48.8 Å². The smallest absolute Gasteiger partial charge is 0.200 e. The molecule has 0 aromatic heterocycles. The second-order valence-electron chi connectivity index (χ2n) is 15.3. The average molecular weight is 617 g/mol. The van der Waals surface area contributed by atoms with Crippen molar-refractivity contribution in [3.63, 3.8) is 0 Å². The molecule has 1 N–H and O–H groups in total. The summed E-state index contributed by atoms with van der Waals surface area (Å²) in [6.07, 6.45) is 9.03. The molecule has 0 amide bonds. The fourth-order valence-corrected chi connectivity index (χ4v) is 7.88. The van der Waals surface area contributed by atoms with Crippen molar-refractivity contribution in [3.8, 4) is 11.5 Å². The highest BCUT2D eigenvalue weighted by Crippen LogP contribution is 2.69. The fraction of sp³-hybridized carbons (Fsp3) is 0.564. The Labute approximate surface area is 269 Å². The number of hydrogen-bond donors (Lipinski definition) is 1. The van der Waals surface area contributed by atoms with Crippen LogP contribution in [0, 0.1) is 28.1 Å². The van der Waals surface area contributed by atoms with E-state index in [-0.39, 0.29) is 52.4 Å². The van der Waals surface area contributed by atoms with E-state index in [2.05, 4.69) is 39.8 Å². The van der Waals surface area contributed by atoms with Gasteiger partial charge in [0.1, 0.15) is 22.3 Å². The summed E-state index contributed by atoms with van der Waals surface area (Å²) in [6.45, 7) is 20.3. The Kier molecular flexibility index (Phi) is 9.25. The number of ether oxygens (including phenoxy) is 2. The zero-order chi connectivity index (χ0) is 33.7. The van der Waals surface area contributed by atoms with Crippen molar-refractivity contribution in [2.75, 3.05) is 7.11 Å². The molecule has 4 atom stereocenters. The SMILES string of the molecule is COc1ccc(C(=O)C2=C3OC(C)(C)C(CC=C(C)C)CC34CC(CC=C(C)C)C(C)(C)C(CC=C(C)C)(C2=O)C4=O)cc1O. The number of rotatable bonds is 9. The maximum Gasteiger partial charge on any atom is 0.200 e. The van der Waals surface area contributed by atoms with Crippen molar-refractivity contribution in [1.29, 1.82) is 0 Å². The summed E-state index contributed by atoms with van der Waals surface area (Å²) in [5.41, 5.74) is -0.607. The molecule has 4 unspecified atom stereocenters. The highest BCUT2D eigenvalue weighted by Gasteiger charge is 2.74. The molecule has 1 spiro atoms. The molecule has 6 heteroatoms. The van der Waals surface area contributed by atoms with E-state index in [4.69, 9.17) is 9.47 Å². The van der Waals surface area contributed by atoms with E-state index in [0.717, 1.165) is 18.4 Å². The van der Waals surface area contributed by atoms with Gasteiger partial charge in [-0.15, -0.1) is 0 Å². The predicted octanol–water partition coefficient (Wildman–Crippen LogP) is 8.89. The van der Waals surface area contributed by atoms with Gasteiger partial charge < -0.3 is 14.6 Å². The Bertz CT molecular complexity index is 1520. The van der Waals surface area contributed by atoms with E-state index >= 15 is 9.59 Å². The number of benzene rings is 1. The quantitative estimate of drug-likeness (QED) is 0.129. The number of allylic oxidation sites excluding steroid dienone is 8. The van der Waals surface area contributed by atoms with Crippen LogP contribution in [0.5, 0.6) is 11.5 Å². The first kappa shape index (κ1) is 34.5. The van der Waals surface area contributed by atoms with E-state index < -0.39 is 33.4 Å². The number of ketones is 3. The summed E-state index contributed by atoms with van der Waals surface area (Å²) in [5, 5.41) is 10.6. The topological polar surface area (TPSA) is 89.9 Å². The molecular formula is C39H52O6. The van der Waals surface area contributed by atoms with Gasteiger partial charge in [-0.2, -0.15) is 0 Å². The van der Waals surface area contributed by atoms with Crippen molar-refractivity contribution in [2.24, 2.45) is 28.1 Å². The first-order chi connectivity index (χ1) is 20.9. The summed E-state index contributed by atoms with van der Waals surface area (Å²) >= 11 is 0. The standard InChI is InChI=1S/C39H52O6/c1-23(2)12-15-27-21-38-22-28(16-13-24(3)4)37(9,10)45-34(38)31(32(41)26-14-17-30(44-11)29(40)20-26)33(42)39(35(38)43,36(27,7)8)19-18-25(5)6/h12-14,17-18,20,27-28,40H,15-16,19,21-22H2,1-11H3. The first-order valence-electron chi connectivity index (χ1n) is 16.2. The van der Waals surface area contributed by atoms with Crippen LogP contribution in [0.2, 0.25) is 0 Å². The summed E-state index contributed by atoms with van der Waals surface area (Å²) < 4.78 is 12.1. The third kappa shape index (κ3) is 5.63. The van der Waals surface area contributed by atoms with Crippen molar-refractivity contribution >= 4 is 17.3 Å². The maximum absolute atomic E-state index is 15.4. The lowest BCUT2D eigenvalue weighted by molar-refractivity contribution is -0.188. The number of aromatic hydroxyl groups is 1. The van der Waals surface area contributed by atoms with Crippen molar-refractivity contribution in [3.05, 3.63) is 70.0 Å². The van der Waals surface area contributed by atoms with Gasteiger partial charge in [-0.05, 0) is 117 Å². The second kappa shape index (κ2) is 12.1. The molecule has 6 nitrogen and oxygen atoms in total. The van der Waals surface area contributed by atoms with Crippen molar-refractivity contribution in [2.45, 2.75) is 107 Å².